The summed E-state index contributed by atoms with van der Waals surface area (Å²) in [5, 5.41) is 4.25. The molecule has 0 aromatic heterocycles. The van der Waals surface area contributed by atoms with Crippen molar-refractivity contribution in [2.45, 2.75) is 26.3 Å². The van der Waals surface area contributed by atoms with Gasteiger partial charge in [0.1, 0.15) is 0 Å². The Labute approximate surface area is 113 Å². The molecular weight excluding hydrogens is 252 g/mol. The molecule has 1 unspecified atom stereocenters. The van der Waals surface area contributed by atoms with Crippen LogP contribution in [0.1, 0.15) is 20.3 Å². The molecule has 0 amide bonds. The summed E-state index contributed by atoms with van der Waals surface area (Å²) in [6.07, 6.45) is 0.975. The Morgan fingerprint density at radius 3 is 2.89 bits per heavy atom. The van der Waals surface area contributed by atoms with E-state index in [-0.39, 0.29) is 5.97 Å². The van der Waals surface area contributed by atoms with E-state index in [0.29, 0.717) is 12.6 Å². The lowest BCUT2D eigenvalue weighted by molar-refractivity contribution is -0.150. The summed E-state index contributed by atoms with van der Waals surface area (Å²) >= 11 is 1.69. The van der Waals surface area contributed by atoms with Crippen molar-refractivity contribution in [3.05, 3.63) is 0 Å². The monoisotopic (exact) mass is 274 g/mol. The summed E-state index contributed by atoms with van der Waals surface area (Å²) in [5.41, 5.74) is -0.575. The van der Waals surface area contributed by atoms with Crippen LogP contribution in [0.2, 0.25) is 0 Å². The highest BCUT2D eigenvalue weighted by molar-refractivity contribution is 8.14. The lowest BCUT2D eigenvalue weighted by Crippen LogP contribution is -2.31. The number of hydrogen-bond donors (Lipinski definition) is 1. The van der Waals surface area contributed by atoms with Crippen molar-refractivity contribution >= 4 is 22.9 Å². The highest BCUT2D eigenvalue weighted by Crippen LogP contribution is 2.20. The van der Waals surface area contributed by atoms with Gasteiger partial charge in [0.15, 0.2) is 5.17 Å². The van der Waals surface area contributed by atoms with E-state index >= 15 is 0 Å². The van der Waals surface area contributed by atoms with Gasteiger partial charge >= 0.3 is 5.97 Å². The molecule has 1 aliphatic rings. The molecule has 104 valence electrons. The minimum atomic E-state index is -0.575. The Morgan fingerprint density at radius 1 is 1.56 bits per heavy atom. The number of methoxy groups -OCH3 is 2. The van der Waals surface area contributed by atoms with Crippen LogP contribution < -0.4 is 5.32 Å². The van der Waals surface area contributed by atoms with Crippen LogP contribution in [-0.2, 0) is 14.3 Å². The molecule has 18 heavy (non-hydrogen) atoms. The summed E-state index contributed by atoms with van der Waals surface area (Å²) in [4.78, 5) is 16.0. The van der Waals surface area contributed by atoms with Crippen LogP contribution >= 0.6 is 11.8 Å². The van der Waals surface area contributed by atoms with E-state index in [9.17, 15) is 4.79 Å². The molecule has 0 aliphatic carbocycles. The third-order valence-electron chi connectivity index (χ3n) is 2.78. The lowest BCUT2D eigenvalue weighted by Gasteiger charge is -2.19. The van der Waals surface area contributed by atoms with Gasteiger partial charge < -0.3 is 14.8 Å². The Kier molecular flexibility index (Phi) is 5.95. The van der Waals surface area contributed by atoms with E-state index in [1.807, 2.05) is 13.8 Å². The topological polar surface area (TPSA) is 59.9 Å². The van der Waals surface area contributed by atoms with E-state index in [2.05, 4.69) is 10.3 Å². The predicted octanol–water partition coefficient (Wildman–Crippen LogP) is 1.28. The van der Waals surface area contributed by atoms with Gasteiger partial charge in [-0.05, 0) is 20.3 Å². The number of nitrogens with one attached hydrogen (secondary N) is 1. The smallest absolute Gasteiger partial charge is 0.313 e. The van der Waals surface area contributed by atoms with Crippen molar-refractivity contribution in [1.82, 2.24) is 5.32 Å². The van der Waals surface area contributed by atoms with Crippen LogP contribution in [-0.4, -0.2) is 50.3 Å². The Balaban J connectivity index is 2.42. The van der Waals surface area contributed by atoms with Crippen LogP contribution in [0.5, 0.6) is 0 Å². The highest BCUT2D eigenvalue weighted by Gasteiger charge is 2.29. The van der Waals surface area contributed by atoms with E-state index < -0.39 is 5.41 Å². The summed E-state index contributed by atoms with van der Waals surface area (Å²) < 4.78 is 9.80. The Bertz CT molecular complexity index is 318. The van der Waals surface area contributed by atoms with Crippen molar-refractivity contribution in [2.75, 3.05) is 33.1 Å². The number of ether oxygens (including phenoxy) is 2. The standard InChI is InChI=1S/C12H22N2O3S/c1-12(2,10(15)17-4)8-13-11-14-9(7-18-11)5-6-16-3/h9H,5-8H2,1-4H3,(H,13,14). The summed E-state index contributed by atoms with van der Waals surface area (Å²) in [6, 6.07) is 0.412. The first-order chi connectivity index (χ1) is 8.49. The second-order valence-corrected chi connectivity index (χ2v) is 5.94. The molecule has 0 saturated carbocycles. The van der Waals surface area contributed by atoms with Crippen molar-refractivity contribution in [2.24, 2.45) is 10.4 Å². The number of carbonyl (C=O) groups excluding carboxylic acids is 1. The number of amidine groups is 1. The number of aliphatic imine (C=N–C) groups is 1. The fraction of sp³-hybridized carbons (Fsp3) is 0.833. The van der Waals surface area contributed by atoms with Gasteiger partial charge in [0, 0.05) is 25.5 Å². The van der Waals surface area contributed by atoms with Gasteiger partial charge in [0.05, 0.1) is 19.1 Å². The predicted molar refractivity (Wildman–Crippen MR) is 74.0 cm³/mol. The normalized spacial score (nSPS) is 22.0. The van der Waals surface area contributed by atoms with Crippen LogP contribution in [0.25, 0.3) is 0 Å². The van der Waals surface area contributed by atoms with Crippen LogP contribution in [0, 0.1) is 5.41 Å². The van der Waals surface area contributed by atoms with Gasteiger partial charge in [-0.15, -0.1) is 0 Å². The summed E-state index contributed by atoms with van der Waals surface area (Å²) in [7, 11) is 3.11. The maximum absolute atomic E-state index is 11.5. The van der Waals surface area contributed by atoms with Crippen molar-refractivity contribution in [3.63, 3.8) is 0 Å². The quantitative estimate of drug-likeness (QED) is 0.739. The number of carbonyl (C=O) groups is 1. The molecule has 1 aliphatic heterocycles. The summed E-state index contributed by atoms with van der Waals surface area (Å²) in [6.45, 7) is 4.86. The van der Waals surface area contributed by atoms with Crippen LogP contribution in [0.3, 0.4) is 0 Å². The molecule has 0 spiro atoms. The molecule has 0 aromatic carbocycles. The number of rotatable bonds is 6. The fourth-order valence-corrected chi connectivity index (χ4v) is 2.57. The molecule has 1 fully saturated rings. The Morgan fingerprint density at radius 2 is 2.28 bits per heavy atom. The maximum atomic E-state index is 11.5. The molecule has 1 atom stereocenters. The van der Waals surface area contributed by atoms with Gasteiger partial charge in [0.2, 0.25) is 0 Å². The first-order valence-corrected chi connectivity index (χ1v) is 6.99. The zero-order valence-corrected chi connectivity index (χ0v) is 12.3. The molecule has 1 heterocycles. The molecule has 0 radical (unpaired) electrons. The zero-order chi connectivity index (χ0) is 13.6. The van der Waals surface area contributed by atoms with E-state index in [1.165, 1.54) is 7.11 Å². The molecule has 6 heteroatoms. The number of esters is 1. The third kappa shape index (κ3) is 4.49. The maximum Gasteiger partial charge on any atom is 0.313 e. The summed E-state index contributed by atoms with van der Waals surface area (Å²) in [5.74, 6) is 0.770. The molecule has 0 bridgehead atoms. The zero-order valence-electron chi connectivity index (χ0n) is 11.5. The molecular formula is C12H22N2O3S. The van der Waals surface area contributed by atoms with Gasteiger partial charge in [0.25, 0.3) is 0 Å². The van der Waals surface area contributed by atoms with Gasteiger partial charge in [-0.3, -0.25) is 9.79 Å². The number of hydrogen-bond acceptors (Lipinski definition) is 5. The second kappa shape index (κ2) is 6.99. The minimum Gasteiger partial charge on any atom is -0.469 e. The van der Waals surface area contributed by atoms with Crippen molar-refractivity contribution in [3.8, 4) is 0 Å². The molecule has 5 nitrogen and oxygen atoms in total. The first kappa shape index (κ1) is 15.3. The molecule has 1 rings (SSSR count). The average Bonchev–Trinajstić information content (AvgIpc) is 2.81. The SMILES string of the molecule is COCCC1CSC(=NCC(C)(C)C(=O)OC)N1. The fourth-order valence-electron chi connectivity index (χ4n) is 1.55. The van der Waals surface area contributed by atoms with Crippen LogP contribution in [0.4, 0.5) is 0 Å². The molecule has 1 N–H and O–H groups in total. The van der Waals surface area contributed by atoms with E-state index in [1.54, 1.807) is 18.9 Å². The first-order valence-electron chi connectivity index (χ1n) is 6.00. The van der Waals surface area contributed by atoms with E-state index in [0.717, 1.165) is 23.9 Å². The molecule has 1 saturated heterocycles. The average molecular weight is 274 g/mol. The number of thioether (sulfide) groups is 1. The minimum absolute atomic E-state index is 0.231. The lowest BCUT2D eigenvalue weighted by atomic mass is 9.94. The van der Waals surface area contributed by atoms with Gasteiger partial charge in [-0.2, -0.15) is 0 Å². The highest BCUT2D eigenvalue weighted by atomic mass is 32.2. The number of nitrogens with zero attached hydrogens (tertiary/aromatic N) is 1. The Hall–Kier alpha value is -0.750. The largest absolute Gasteiger partial charge is 0.469 e. The van der Waals surface area contributed by atoms with Gasteiger partial charge in [-0.25, -0.2) is 0 Å². The third-order valence-corrected chi connectivity index (χ3v) is 3.86. The molecule has 0 aromatic rings. The second-order valence-electron chi connectivity index (χ2n) is 4.93. The van der Waals surface area contributed by atoms with Crippen molar-refractivity contribution < 1.29 is 14.3 Å². The van der Waals surface area contributed by atoms with E-state index in [4.69, 9.17) is 9.47 Å². The van der Waals surface area contributed by atoms with Crippen LogP contribution in [0.15, 0.2) is 4.99 Å². The van der Waals surface area contributed by atoms with Gasteiger partial charge in [-0.1, -0.05) is 11.8 Å². The van der Waals surface area contributed by atoms with Crippen molar-refractivity contribution in [1.29, 1.82) is 0 Å².